The molecule has 0 aliphatic heterocycles. The van der Waals surface area contributed by atoms with Crippen LogP contribution in [0.5, 0.6) is 0 Å². The molecule has 3 aromatic rings. The molecule has 1 unspecified atom stereocenters. The second-order valence-electron chi connectivity index (χ2n) is 5.38. The van der Waals surface area contributed by atoms with E-state index in [9.17, 15) is 4.79 Å². The molecule has 3 heteroatoms. The number of nitrogens with one attached hydrogen (secondary N) is 2. The van der Waals surface area contributed by atoms with Crippen molar-refractivity contribution >= 4 is 16.6 Å². The van der Waals surface area contributed by atoms with Gasteiger partial charge in [0.15, 0.2) is 0 Å². The molecule has 0 saturated heterocycles. The summed E-state index contributed by atoms with van der Waals surface area (Å²) in [7, 11) is 0. The van der Waals surface area contributed by atoms with Crippen molar-refractivity contribution in [3.8, 4) is 0 Å². The summed E-state index contributed by atoms with van der Waals surface area (Å²) >= 11 is 0. The quantitative estimate of drug-likeness (QED) is 0.760. The third kappa shape index (κ3) is 2.82. The summed E-state index contributed by atoms with van der Waals surface area (Å²) in [6.45, 7) is 4.15. The molecule has 2 N–H and O–H groups in total. The average molecular weight is 278 g/mol. The molecule has 106 valence electrons. The Morgan fingerprint density at radius 3 is 2.52 bits per heavy atom. The van der Waals surface area contributed by atoms with Gasteiger partial charge < -0.3 is 10.3 Å². The predicted octanol–water partition coefficient (Wildman–Crippen LogP) is 4.01. The molecule has 0 fully saturated rings. The van der Waals surface area contributed by atoms with Crippen LogP contribution in [0.2, 0.25) is 0 Å². The first-order valence-corrected chi connectivity index (χ1v) is 7.08. The van der Waals surface area contributed by atoms with Crippen molar-refractivity contribution in [2.75, 3.05) is 5.32 Å². The monoisotopic (exact) mass is 278 g/mol. The summed E-state index contributed by atoms with van der Waals surface area (Å²) < 4.78 is 0. The van der Waals surface area contributed by atoms with Crippen LogP contribution in [0.25, 0.3) is 10.8 Å². The van der Waals surface area contributed by atoms with Crippen molar-refractivity contribution < 1.29 is 0 Å². The van der Waals surface area contributed by atoms with Crippen LogP contribution in [0, 0.1) is 6.92 Å². The fourth-order valence-electron chi connectivity index (χ4n) is 2.46. The molecular formula is C18H18N2O. The van der Waals surface area contributed by atoms with Crippen molar-refractivity contribution in [1.82, 2.24) is 4.98 Å². The molecule has 3 nitrogen and oxygen atoms in total. The molecule has 0 aliphatic carbocycles. The van der Waals surface area contributed by atoms with Gasteiger partial charge in [0.1, 0.15) is 5.82 Å². The Kier molecular flexibility index (Phi) is 3.48. The number of rotatable bonds is 3. The highest BCUT2D eigenvalue weighted by Crippen LogP contribution is 2.20. The number of anilines is 1. The lowest BCUT2D eigenvalue weighted by molar-refractivity contribution is 0.873. The third-order valence-electron chi connectivity index (χ3n) is 3.70. The number of benzene rings is 2. The molecule has 3 rings (SSSR count). The molecule has 1 aromatic heterocycles. The second kappa shape index (κ2) is 5.44. The summed E-state index contributed by atoms with van der Waals surface area (Å²) in [6, 6.07) is 18.1. The van der Waals surface area contributed by atoms with Gasteiger partial charge in [-0.05, 0) is 36.9 Å². The van der Waals surface area contributed by atoms with Crippen LogP contribution >= 0.6 is 0 Å². The minimum Gasteiger partial charge on any atom is -0.365 e. The first kappa shape index (κ1) is 13.4. The molecule has 0 radical (unpaired) electrons. The zero-order chi connectivity index (χ0) is 14.8. The van der Waals surface area contributed by atoms with Gasteiger partial charge in [0.05, 0.1) is 0 Å². The van der Waals surface area contributed by atoms with E-state index in [1.807, 2.05) is 30.3 Å². The molecule has 0 amide bonds. The van der Waals surface area contributed by atoms with E-state index in [0.29, 0.717) is 5.39 Å². The lowest BCUT2D eigenvalue weighted by atomic mass is 10.1. The number of hydrogen-bond donors (Lipinski definition) is 2. The zero-order valence-electron chi connectivity index (χ0n) is 12.2. The van der Waals surface area contributed by atoms with Crippen LogP contribution in [0.3, 0.4) is 0 Å². The highest BCUT2D eigenvalue weighted by Gasteiger charge is 2.07. The standard InChI is InChI=1S/C18H18N2O/c1-12-7-9-14(10-8-12)13(2)19-17-11-15-5-3-4-6-16(15)18(21)20-17/h3-11,13H,1-2H3,(H2,19,20,21). The Labute approximate surface area is 123 Å². The Morgan fingerprint density at radius 1 is 1.05 bits per heavy atom. The normalized spacial score (nSPS) is 12.3. The van der Waals surface area contributed by atoms with Crippen molar-refractivity contribution in [2.24, 2.45) is 0 Å². The van der Waals surface area contributed by atoms with Crippen molar-refractivity contribution in [2.45, 2.75) is 19.9 Å². The fourth-order valence-corrected chi connectivity index (χ4v) is 2.46. The van der Waals surface area contributed by atoms with Gasteiger partial charge in [-0.2, -0.15) is 0 Å². The lowest BCUT2D eigenvalue weighted by Gasteiger charge is -2.16. The number of hydrogen-bond acceptors (Lipinski definition) is 2. The van der Waals surface area contributed by atoms with Gasteiger partial charge >= 0.3 is 0 Å². The number of pyridine rings is 1. The third-order valence-corrected chi connectivity index (χ3v) is 3.70. The van der Waals surface area contributed by atoms with Gasteiger partial charge in [0.25, 0.3) is 5.56 Å². The highest BCUT2D eigenvalue weighted by molar-refractivity contribution is 5.83. The Balaban J connectivity index is 1.91. The smallest absolute Gasteiger partial charge is 0.257 e. The van der Waals surface area contributed by atoms with E-state index in [2.05, 4.69) is 48.4 Å². The molecule has 0 spiro atoms. The number of aryl methyl sites for hydroxylation is 1. The summed E-state index contributed by atoms with van der Waals surface area (Å²) in [6.07, 6.45) is 0. The topological polar surface area (TPSA) is 44.9 Å². The number of aromatic amines is 1. The zero-order valence-corrected chi connectivity index (χ0v) is 12.2. The SMILES string of the molecule is Cc1ccc(C(C)Nc2cc3ccccc3c(=O)[nH]2)cc1. The maximum atomic E-state index is 12.1. The van der Waals surface area contributed by atoms with E-state index >= 15 is 0 Å². The molecule has 0 saturated carbocycles. The largest absolute Gasteiger partial charge is 0.365 e. The van der Waals surface area contributed by atoms with E-state index < -0.39 is 0 Å². The van der Waals surface area contributed by atoms with Crippen LogP contribution in [0.1, 0.15) is 24.1 Å². The molecular weight excluding hydrogens is 260 g/mol. The van der Waals surface area contributed by atoms with E-state index in [0.717, 1.165) is 11.2 Å². The van der Waals surface area contributed by atoms with Crippen LogP contribution in [-0.2, 0) is 0 Å². The molecule has 2 aromatic carbocycles. The van der Waals surface area contributed by atoms with Crippen LogP contribution in [0.15, 0.2) is 59.4 Å². The van der Waals surface area contributed by atoms with E-state index in [1.165, 1.54) is 11.1 Å². The molecule has 0 bridgehead atoms. The van der Waals surface area contributed by atoms with Crippen LogP contribution < -0.4 is 10.9 Å². The number of H-pyrrole nitrogens is 1. The predicted molar refractivity (Wildman–Crippen MR) is 87.8 cm³/mol. The molecule has 1 atom stereocenters. The van der Waals surface area contributed by atoms with Crippen molar-refractivity contribution in [1.29, 1.82) is 0 Å². The summed E-state index contributed by atoms with van der Waals surface area (Å²) in [5.41, 5.74) is 2.37. The fraction of sp³-hybridized carbons (Fsp3) is 0.167. The van der Waals surface area contributed by atoms with Crippen molar-refractivity contribution in [3.63, 3.8) is 0 Å². The first-order chi connectivity index (χ1) is 10.1. The van der Waals surface area contributed by atoms with Gasteiger partial charge in [-0.25, -0.2) is 0 Å². The maximum absolute atomic E-state index is 12.1. The van der Waals surface area contributed by atoms with Gasteiger partial charge in [-0.15, -0.1) is 0 Å². The van der Waals surface area contributed by atoms with Gasteiger partial charge in [0, 0.05) is 11.4 Å². The first-order valence-electron chi connectivity index (χ1n) is 7.08. The minimum absolute atomic E-state index is 0.0632. The Bertz CT molecular complexity index is 818. The molecule has 1 heterocycles. The van der Waals surface area contributed by atoms with Crippen LogP contribution in [-0.4, -0.2) is 4.98 Å². The Morgan fingerprint density at radius 2 is 1.76 bits per heavy atom. The van der Waals surface area contributed by atoms with E-state index in [1.54, 1.807) is 0 Å². The molecule has 0 aliphatic rings. The van der Waals surface area contributed by atoms with Gasteiger partial charge in [-0.1, -0.05) is 48.0 Å². The van der Waals surface area contributed by atoms with Crippen LogP contribution in [0.4, 0.5) is 5.82 Å². The lowest BCUT2D eigenvalue weighted by Crippen LogP contribution is -2.13. The summed E-state index contributed by atoms with van der Waals surface area (Å²) in [4.78, 5) is 15.0. The van der Waals surface area contributed by atoms with E-state index in [-0.39, 0.29) is 11.6 Å². The Hall–Kier alpha value is -2.55. The van der Waals surface area contributed by atoms with Gasteiger partial charge in [0.2, 0.25) is 0 Å². The molecule has 21 heavy (non-hydrogen) atoms. The average Bonchev–Trinajstić information content (AvgIpc) is 2.48. The number of aromatic nitrogens is 1. The maximum Gasteiger partial charge on any atom is 0.257 e. The number of fused-ring (bicyclic) bond motifs is 1. The van der Waals surface area contributed by atoms with E-state index in [4.69, 9.17) is 0 Å². The van der Waals surface area contributed by atoms with Crippen molar-refractivity contribution in [3.05, 3.63) is 76.1 Å². The summed E-state index contributed by atoms with van der Waals surface area (Å²) in [5.74, 6) is 0.742. The highest BCUT2D eigenvalue weighted by atomic mass is 16.1. The summed E-state index contributed by atoms with van der Waals surface area (Å²) in [5, 5.41) is 5.01. The minimum atomic E-state index is -0.0632. The van der Waals surface area contributed by atoms with Gasteiger partial charge in [-0.3, -0.25) is 4.79 Å². The second-order valence-corrected chi connectivity index (χ2v) is 5.38.